The third-order valence-electron chi connectivity index (χ3n) is 8.82. The number of likely N-dealkylation sites (N-methyl/N-ethyl adjacent to an activating group) is 1. The van der Waals surface area contributed by atoms with E-state index < -0.39 is 0 Å². The number of hydrogen-bond donors (Lipinski definition) is 0. The monoisotopic (exact) mass is 545 g/mol. The molecule has 0 aromatic heterocycles. The number of benzene rings is 2. The van der Waals surface area contributed by atoms with Crippen molar-refractivity contribution in [2.24, 2.45) is 0 Å². The maximum absolute atomic E-state index is 14.0. The molecule has 7 nitrogen and oxygen atoms in total. The molecule has 7 heteroatoms. The number of allylic oxidation sites excluding steroid dienone is 2. The molecule has 0 N–H and O–H groups in total. The van der Waals surface area contributed by atoms with Gasteiger partial charge in [0.05, 0.1) is 33.4 Å². The van der Waals surface area contributed by atoms with E-state index in [1.54, 1.807) is 21.3 Å². The van der Waals surface area contributed by atoms with E-state index in [0.717, 1.165) is 72.1 Å². The molecule has 0 saturated carbocycles. The molecular weight excluding hydrogens is 502 g/mol. The van der Waals surface area contributed by atoms with Crippen molar-refractivity contribution in [3.8, 4) is 17.2 Å². The molecule has 0 unspecified atom stereocenters. The molecule has 1 spiro atoms. The first-order valence-electron chi connectivity index (χ1n) is 14.3. The molecule has 2 amide bonds. The Bertz CT molecular complexity index is 1320. The predicted molar refractivity (Wildman–Crippen MR) is 159 cm³/mol. The highest BCUT2D eigenvalue weighted by molar-refractivity contribution is 5.83. The number of nitrogens with zero attached hydrogens (tertiary/aromatic N) is 3. The number of hydrogen-bond acceptors (Lipinski definition) is 5. The number of carbonyl (C=O) groups is 1. The number of methoxy groups -OCH3 is 3. The van der Waals surface area contributed by atoms with Crippen LogP contribution in [0, 0.1) is 0 Å². The second-order valence-electron chi connectivity index (χ2n) is 11.7. The number of fused-ring (bicyclic) bond motifs is 3. The minimum absolute atomic E-state index is 0.110. The van der Waals surface area contributed by atoms with Crippen molar-refractivity contribution in [2.75, 3.05) is 41.0 Å². The number of rotatable bonds is 7. The van der Waals surface area contributed by atoms with Gasteiger partial charge in [-0.25, -0.2) is 4.79 Å². The minimum Gasteiger partial charge on any atom is -0.497 e. The Morgan fingerprint density at radius 3 is 2.20 bits per heavy atom. The highest BCUT2D eigenvalue weighted by atomic mass is 16.5. The fourth-order valence-corrected chi connectivity index (χ4v) is 7.03. The molecular formula is C33H43N3O4. The lowest BCUT2D eigenvalue weighted by atomic mass is 9.77. The lowest BCUT2D eigenvalue weighted by Crippen LogP contribution is -2.53. The van der Waals surface area contributed by atoms with Crippen LogP contribution in [-0.4, -0.2) is 67.2 Å². The van der Waals surface area contributed by atoms with E-state index in [-0.39, 0.29) is 17.0 Å². The second-order valence-corrected chi connectivity index (χ2v) is 11.7. The van der Waals surface area contributed by atoms with Crippen LogP contribution in [0.15, 0.2) is 48.2 Å². The number of likely N-dealkylation sites (tertiary alicyclic amines) is 1. The van der Waals surface area contributed by atoms with Gasteiger partial charge >= 0.3 is 6.03 Å². The highest BCUT2D eigenvalue weighted by Crippen LogP contribution is 2.50. The summed E-state index contributed by atoms with van der Waals surface area (Å²) in [6, 6.07) is 10.5. The summed E-state index contributed by atoms with van der Waals surface area (Å²) < 4.78 is 16.9. The second kappa shape index (κ2) is 10.8. The van der Waals surface area contributed by atoms with Crippen molar-refractivity contribution in [2.45, 2.75) is 64.6 Å². The van der Waals surface area contributed by atoms with Crippen LogP contribution in [0.1, 0.15) is 62.8 Å². The summed E-state index contributed by atoms with van der Waals surface area (Å²) in [6.07, 6.45) is 8.27. The van der Waals surface area contributed by atoms with Crippen LogP contribution >= 0.6 is 0 Å². The summed E-state index contributed by atoms with van der Waals surface area (Å²) in [5.41, 5.74) is 5.11. The average Bonchev–Trinajstić information content (AvgIpc) is 3.05. The normalized spacial score (nSPS) is 19.9. The van der Waals surface area contributed by atoms with Crippen LogP contribution in [0.25, 0.3) is 6.08 Å². The molecule has 0 bridgehead atoms. The molecule has 3 aliphatic rings. The molecule has 0 atom stereocenters. The largest absolute Gasteiger partial charge is 0.497 e. The molecule has 2 saturated heterocycles. The Hall–Kier alpha value is -3.45. The number of piperidine rings is 1. The molecule has 2 fully saturated rings. The maximum atomic E-state index is 14.0. The van der Waals surface area contributed by atoms with Crippen molar-refractivity contribution >= 4 is 12.1 Å². The maximum Gasteiger partial charge on any atom is 0.325 e. The van der Waals surface area contributed by atoms with E-state index in [4.69, 9.17) is 14.2 Å². The van der Waals surface area contributed by atoms with Gasteiger partial charge < -0.3 is 19.1 Å². The van der Waals surface area contributed by atoms with E-state index in [1.165, 1.54) is 5.56 Å². The fourth-order valence-electron chi connectivity index (χ4n) is 7.03. The Morgan fingerprint density at radius 2 is 1.62 bits per heavy atom. The van der Waals surface area contributed by atoms with Crippen molar-refractivity contribution in [3.05, 3.63) is 70.4 Å². The van der Waals surface area contributed by atoms with Gasteiger partial charge in [0.2, 0.25) is 0 Å². The Balaban J connectivity index is 1.48. The van der Waals surface area contributed by atoms with Crippen molar-refractivity contribution in [3.63, 3.8) is 0 Å². The lowest BCUT2D eigenvalue weighted by Gasteiger charge is -2.44. The average molecular weight is 546 g/mol. The molecule has 40 heavy (non-hydrogen) atoms. The van der Waals surface area contributed by atoms with Crippen molar-refractivity contribution in [1.82, 2.24) is 14.7 Å². The number of amides is 2. The van der Waals surface area contributed by atoms with Gasteiger partial charge in [-0.1, -0.05) is 32.1 Å². The highest BCUT2D eigenvalue weighted by Gasteiger charge is 2.55. The zero-order chi connectivity index (χ0) is 28.7. The Kier molecular flexibility index (Phi) is 7.62. The summed E-state index contributed by atoms with van der Waals surface area (Å²) in [4.78, 5) is 20.7. The zero-order valence-electron chi connectivity index (χ0n) is 25.0. The van der Waals surface area contributed by atoms with Crippen molar-refractivity contribution in [1.29, 1.82) is 0 Å². The van der Waals surface area contributed by atoms with E-state index in [9.17, 15) is 4.79 Å². The SMILES string of the molecule is C/C=C\c1cc2c(c(OC)c1)C(C)(C)C=C1N(C2)C(=O)N(CC)C12CCN(Cc1cc(OC)cc(OC)c1)CC2. The number of carbonyl (C=O) groups excluding carboxylic acids is 1. The minimum atomic E-state index is -0.312. The third kappa shape index (κ3) is 4.74. The summed E-state index contributed by atoms with van der Waals surface area (Å²) in [5.74, 6) is 2.48. The molecule has 3 heterocycles. The summed E-state index contributed by atoms with van der Waals surface area (Å²) in [5, 5.41) is 0. The van der Waals surface area contributed by atoms with Crippen LogP contribution in [0.2, 0.25) is 0 Å². The quantitative estimate of drug-likeness (QED) is 0.414. The van der Waals surface area contributed by atoms with E-state index in [1.807, 2.05) is 24.0 Å². The summed E-state index contributed by atoms with van der Waals surface area (Å²) in [7, 11) is 5.11. The molecule has 5 rings (SSSR count). The number of urea groups is 1. The standard InChI is InChI=1S/C33H43N3O4/c1-8-10-23-15-25-22-35-29(20-32(3,4)30(25)28(18-23)40-7)33(36(9-2)31(35)37)11-13-34(14-12-33)21-24-16-26(38-5)19-27(17-24)39-6/h8,10,15-20H,9,11-14,21-22H2,1-7H3/b10-8-. The van der Waals surface area contributed by atoms with E-state index in [2.05, 4.69) is 67.0 Å². The lowest BCUT2D eigenvalue weighted by molar-refractivity contribution is 0.0885. The van der Waals surface area contributed by atoms with Crippen LogP contribution in [-0.2, 0) is 18.5 Å². The van der Waals surface area contributed by atoms with Gasteiger partial charge in [-0.15, -0.1) is 0 Å². The summed E-state index contributed by atoms with van der Waals surface area (Å²) >= 11 is 0. The van der Waals surface area contributed by atoms with Crippen LogP contribution in [0.5, 0.6) is 17.2 Å². The van der Waals surface area contributed by atoms with Gasteiger partial charge in [0, 0.05) is 48.9 Å². The van der Waals surface area contributed by atoms with Crippen LogP contribution in [0.4, 0.5) is 4.79 Å². The number of ether oxygens (including phenoxy) is 3. The molecule has 214 valence electrons. The smallest absolute Gasteiger partial charge is 0.325 e. The predicted octanol–water partition coefficient (Wildman–Crippen LogP) is 6.21. The first-order chi connectivity index (χ1) is 19.2. The zero-order valence-corrected chi connectivity index (χ0v) is 25.0. The summed E-state index contributed by atoms with van der Waals surface area (Å²) in [6.45, 7) is 12.5. The third-order valence-corrected chi connectivity index (χ3v) is 8.82. The molecule has 0 radical (unpaired) electrons. The molecule has 3 aliphatic heterocycles. The Morgan fingerprint density at radius 1 is 0.950 bits per heavy atom. The first kappa shape index (κ1) is 28.1. The van der Waals surface area contributed by atoms with Gasteiger partial charge in [-0.2, -0.15) is 0 Å². The van der Waals surface area contributed by atoms with Gasteiger partial charge in [-0.05, 0) is 67.6 Å². The topological polar surface area (TPSA) is 54.5 Å². The fraction of sp³-hybridized carbons (Fsp3) is 0.485. The van der Waals surface area contributed by atoms with Gasteiger partial charge in [0.25, 0.3) is 0 Å². The molecule has 2 aromatic carbocycles. The van der Waals surface area contributed by atoms with Crippen LogP contribution in [0.3, 0.4) is 0 Å². The molecule has 0 aliphatic carbocycles. The van der Waals surface area contributed by atoms with E-state index in [0.29, 0.717) is 13.1 Å². The molecule has 2 aromatic rings. The van der Waals surface area contributed by atoms with Crippen molar-refractivity contribution < 1.29 is 19.0 Å². The first-order valence-corrected chi connectivity index (χ1v) is 14.3. The van der Waals surface area contributed by atoms with Crippen LogP contribution < -0.4 is 14.2 Å². The van der Waals surface area contributed by atoms with Gasteiger partial charge in [0.1, 0.15) is 17.2 Å². The van der Waals surface area contributed by atoms with E-state index >= 15 is 0 Å². The van der Waals surface area contributed by atoms with Gasteiger partial charge in [-0.3, -0.25) is 9.80 Å². The van der Waals surface area contributed by atoms with Gasteiger partial charge in [0.15, 0.2) is 0 Å². The Labute approximate surface area is 239 Å².